The summed E-state index contributed by atoms with van der Waals surface area (Å²) in [6.07, 6.45) is 3.58. The van der Waals surface area contributed by atoms with Crippen molar-refractivity contribution in [2.24, 2.45) is 40.9 Å². The van der Waals surface area contributed by atoms with Gasteiger partial charge in [-0.3, -0.25) is 19.3 Å². The average Bonchev–Trinajstić information content (AvgIpc) is 2.78. The molecule has 6 aliphatic rings. The zero-order valence-electron chi connectivity index (χ0n) is 14.7. The van der Waals surface area contributed by atoms with Crippen LogP contribution in [0.25, 0.3) is 0 Å². The molecule has 4 heteroatoms. The second-order valence-corrected chi connectivity index (χ2v) is 9.12. The number of allylic oxidation sites excluding steroid dienone is 2. The number of carbonyl (C=O) groups is 3. The monoisotopic (exact) mass is 327 g/mol. The molecule has 24 heavy (non-hydrogen) atoms. The number of Topliss-reactive ketones (excluding diaryl/α,β-unsaturated/α-hetero) is 1. The minimum atomic E-state index is -0.249. The van der Waals surface area contributed by atoms with E-state index in [9.17, 15) is 14.4 Å². The van der Waals surface area contributed by atoms with Gasteiger partial charge in [0.2, 0.25) is 11.8 Å². The number of amides is 2. The van der Waals surface area contributed by atoms with Crippen LogP contribution in [0.1, 0.15) is 46.5 Å². The van der Waals surface area contributed by atoms with Gasteiger partial charge in [0, 0.05) is 18.9 Å². The molecule has 0 radical (unpaired) electrons. The van der Waals surface area contributed by atoms with E-state index in [0.717, 1.165) is 24.8 Å². The number of ketones is 1. The Bertz CT molecular complexity index is 718. The molecule has 0 unspecified atom stereocenters. The Labute approximate surface area is 142 Å². The first-order valence-corrected chi connectivity index (χ1v) is 9.50. The zero-order chi connectivity index (χ0) is 17.0. The van der Waals surface area contributed by atoms with Gasteiger partial charge in [0.25, 0.3) is 0 Å². The van der Waals surface area contributed by atoms with Crippen molar-refractivity contribution in [2.75, 3.05) is 6.54 Å². The van der Waals surface area contributed by atoms with Crippen molar-refractivity contribution in [3.05, 3.63) is 11.1 Å². The predicted molar refractivity (Wildman–Crippen MR) is 87.6 cm³/mol. The van der Waals surface area contributed by atoms with Crippen molar-refractivity contribution in [3.63, 3.8) is 0 Å². The Hall–Kier alpha value is -1.45. The molecule has 4 nitrogen and oxygen atoms in total. The van der Waals surface area contributed by atoms with Gasteiger partial charge in [-0.2, -0.15) is 0 Å². The normalized spacial score (nSPS) is 45.1. The summed E-state index contributed by atoms with van der Waals surface area (Å²) in [5.74, 6) is 0.928. The van der Waals surface area contributed by atoms with Crippen LogP contribution in [-0.2, 0) is 14.4 Å². The van der Waals surface area contributed by atoms with Crippen LogP contribution in [0.2, 0.25) is 0 Å². The van der Waals surface area contributed by atoms with Crippen LogP contribution in [0.4, 0.5) is 0 Å². The SMILES string of the molecule is CCN1C(=O)[C@@H]2[C@H](C1=O)[C@@H]1C3=C(CCCC3=O)[C@H]2[C@@H]2[C@H]1CC2(C)C. The maximum atomic E-state index is 13.0. The van der Waals surface area contributed by atoms with E-state index in [1.165, 1.54) is 10.5 Å². The third kappa shape index (κ3) is 1.45. The molecule has 6 rings (SSSR count). The fraction of sp³-hybridized carbons (Fsp3) is 0.750. The number of rotatable bonds is 1. The van der Waals surface area contributed by atoms with Gasteiger partial charge in [-0.1, -0.05) is 19.4 Å². The van der Waals surface area contributed by atoms with Crippen LogP contribution in [0.3, 0.4) is 0 Å². The Balaban J connectivity index is 1.71. The summed E-state index contributed by atoms with van der Waals surface area (Å²) < 4.78 is 0. The van der Waals surface area contributed by atoms with Crippen molar-refractivity contribution < 1.29 is 14.4 Å². The van der Waals surface area contributed by atoms with Crippen molar-refractivity contribution in [3.8, 4) is 0 Å². The number of hydrogen-bond donors (Lipinski definition) is 0. The lowest BCUT2D eigenvalue weighted by Crippen LogP contribution is -2.64. The highest BCUT2D eigenvalue weighted by Crippen LogP contribution is 2.72. The Kier molecular flexibility index (Phi) is 2.72. The van der Waals surface area contributed by atoms with E-state index in [2.05, 4.69) is 13.8 Å². The van der Waals surface area contributed by atoms with E-state index in [1.807, 2.05) is 6.92 Å². The Morgan fingerprint density at radius 2 is 1.67 bits per heavy atom. The van der Waals surface area contributed by atoms with Gasteiger partial charge in [0.05, 0.1) is 11.8 Å². The predicted octanol–water partition coefficient (Wildman–Crippen LogP) is 2.58. The molecule has 1 heterocycles. The number of carbonyl (C=O) groups excluding carboxylic acids is 3. The lowest BCUT2D eigenvalue weighted by atomic mass is 9.36. The van der Waals surface area contributed by atoms with Crippen LogP contribution in [-0.4, -0.2) is 29.0 Å². The van der Waals surface area contributed by atoms with E-state index < -0.39 is 0 Å². The molecular weight excluding hydrogens is 302 g/mol. The summed E-state index contributed by atoms with van der Waals surface area (Å²) in [7, 11) is 0. The quantitative estimate of drug-likeness (QED) is 0.696. The molecule has 2 bridgehead atoms. The van der Waals surface area contributed by atoms with E-state index >= 15 is 0 Å². The van der Waals surface area contributed by atoms with Gasteiger partial charge < -0.3 is 0 Å². The molecule has 128 valence electrons. The summed E-state index contributed by atoms with van der Waals surface area (Å²) in [5.41, 5.74) is 2.48. The maximum Gasteiger partial charge on any atom is 0.233 e. The summed E-state index contributed by atoms with van der Waals surface area (Å²) in [5, 5.41) is 0. The van der Waals surface area contributed by atoms with Crippen molar-refractivity contribution in [2.45, 2.75) is 46.5 Å². The van der Waals surface area contributed by atoms with Gasteiger partial charge in [-0.25, -0.2) is 0 Å². The highest BCUT2D eigenvalue weighted by molar-refractivity contribution is 6.08. The van der Waals surface area contributed by atoms with Crippen molar-refractivity contribution in [1.29, 1.82) is 0 Å². The molecule has 2 saturated carbocycles. The molecule has 0 N–H and O–H groups in total. The minimum absolute atomic E-state index is 0.00409. The van der Waals surface area contributed by atoms with E-state index in [4.69, 9.17) is 0 Å². The van der Waals surface area contributed by atoms with Gasteiger partial charge in [-0.15, -0.1) is 0 Å². The summed E-state index contributed by atoms with van der Waals surface area (Å²) in [4.78, 5) is 40.2. The smallest absolute Gasteiger partial charge is 0.233 e. The van der Waals surface area contributed by atoms with E-state index in [-0.39, 0.29) is 46.7 Å². The minimum Gasteiger partial charge on any atom is -0.295 e. The first-order chi connectivity index (χ1) is 11.4. The molecular formula is C20H25NO3. The standard InChI is InChI=1S/C20H25NO3/c1-4-21-18(23)15-13-10-8-20(2,3)17(10)14(16(15)19(21)24)9-6-5-7-11(22)12(9)13/h10,13-17H,4-8H2,1-3H3/t10-,13-,14+,15+,16-,17-/m0/s1. The highest BCUT2D eigenvalue weighted by atomic mass is 16.2. The number of imide groups is 1. The molecule has 2 amide bonds. The van der Waals surface area contributed by atoms with Gasteiger partial charge >= 0.3 is 0 Å². The number of nitrogens with zero attached hydrogens (tertiary/aromatic N) is 1. The lowest BCUT2D eigenvalue weighted by Gasteiger charge is -2.67. The first-order valence-electron chi connectivity index (χ1n) is 9.50. The fourth-order valence-corrected chi connectivity index (χ4v) is 7.18. The van der Waals surface area contributed by atoms with Gasteiger partial charge in [-0.05, 0) is 54.9 Å². The van der Waals surface area contributed by atoms with Crippen molar-refractivity contribution in [1.82, 2.24) is 4.90 Å². The summed E-state index contributed by atoms with van der Waals surface area (Å²) in [6, 6.07) is 0. The largest absolute Gasteiger partial charge is 0.295 e. The molecule has 1 saturated heterocycles. The highest BCUT2D eigenvalue weighted by Gasteiger charge is 2.71. The second-order valence-electron chi connectivity index (χ2n) is 9.12. The molecule has 1 aliphatic heterocycles. The van der Waals surface area contributed by atoms with Crippen LogP contribution < -0.4 is 0 Å². The van der Waals surface area contributed by atoms with Crippen molar-refractivity contribution >= 4 is 17.6 Å². The molecule has 0 aromatic heterocycles. The average molecular weight is 327 g/mol. The molecule has 0 aromatic rings. The lowest BCUT2D eigenvalue weighted by molar-refractivity contribution is -0.165. The molecule has 5 aliphatic carbocycles. The summed E-state index contributed by atoms with van der Waals surface area (Å²) in [6.45, 7) is 6.94. The third-order valence-electron chi connectivity index (χ3n) is 7.78. The molecule has 0 aromatic carbocycles. The second kappa shape index (κ2) is 4.39. The molecule has 6 atom stereocenters. The van der Waals surface area contributed by atoms with Gasteiger partial charge in [0.1, 0.15) is 0 Å². The molecule has 3 fully saturated rings. The third-order valence-corrected chi connectivity index (χ3v) is 7.78. The van der Waals surface area contributed by atoms with Crippen LogP contribution in [0.5, 0.6) is 0 Å². The first kappa shape index (κ1) is 14.9. The fourth-order valence-electron chi connectivity index (χ4n) is 7.18. The number of likely N-dealkylation sites (tertiary alicyclic amines) is 1. The maximum absolute atomic E-state index is 13.0. The van der Waals surface area contributed by atoms with Crippen LogP contribution in [0.15, 0.2) is 11.1 Å². The topological polar surface area (TPSA) is 54.5 Å². The van der Waals surface area contributed by atoms with Crippen LogP contribution >= 0.6 is 0 Å². The Morgan fingerprint density at radius 1 is 1.00 bits per heavy atom. The summed E-state index contributed by atoms with van der Waals surface area (Å²) >= 11 is 0. The Morgan fingerprint density at radius 3 is 2.29 bits per heavy atom. The van der Waals surface area contributed by atoms with Crippen LogP contribution in [0, 0.1) is 40.9 Å². The van der Waals surface area contributed by atoms with E-state index in [0.29, 0.717) is 24.8 Å². The molecule has 0 spiro atoms. The number of hydrogen-bond acceptors (Lipinski definition) is 3. The van der Waals surface area contributed by atoms with E-state index in [1.54, 1.807) is 0 Å². The van der Waals surface area contributed by atoms with Gasteiger partial charge in [0.15, 0.2) is 5.78 Å². The zero-order valence-corrected chi connectivity index (χ0v) is 14.7.